The topological polar surface area (TPSA) is 42.4 Å². The average molecular weight is 415 g/mol. The van der Waals surface area contributed by atoms with Gasteiger partial charge in [0.15, 0.2) is 5.13 Å². The highest BCUT2D eigenvalue weighted by atomic mass is 35.5. The van der Waals surface area contributed by atoms with Crippen LogP contribution in [0.3, 0.4) is 0 Å². The summed E-state index contributed by atoms with van der Waals surface area (Å²) < 4.78 is 6.94. The van der Waals surface area contributed by atoms with Gasteiger partial charge in [-0.05, 0) is 49.4 Å². The van der Waals surface area contributed by atoms with Crippen LogP contribution in [0.1, 0.15) is 29.5 Å². The van der Waals surface area contributed by atoms with Crippen molar-refractivity contribution in [2.75, 3.05) is 18.1 Å². The fourth-order valence-corrected chi connectivity index (χ4v) is 4.88. The normalized spacial score (nSPS) is 16.6. The van der Waals surface area contributed by atoms with Crippen molar-refractivity contribution in [3.05, 3.63) is 58.1 Å². The molecule has 1 atom stereocenters. The van der Waals surface area contributed by atoms with E-state index in [9.17, 15) is 4.79 Å². The van der Waals surface area contributed by atoms with Crippen molar-refractivity contribution >= 4 is 44.2 Å². The Morgan fingerprint density at radius 2 is 2.04 bits per heavy atom. The van der Waals surface area contributed by atoms with Crippen LogP contribution in [0.25, 0.3) is 10.2 Å². The van der Waals surface area contributed by atoms with Crippen molar-refractivity contribution in [2.45, 2.75) is 39.2 Å². The van der Waals surface area contributed by atoms with E-state index in [-0.39, 0.29) is 18.4 Å². The minimum Gasteiger partial charge on any atom is -0.376 e. The number of nitrogens with zero attached hydrogens (tertiary/aromatic N) is 2. The molecule has 146 valence electrons. The molecule has 0 spiro atoms. The lowest BCUT2D eigenvalue weighted by Gasteiger charge is -2.23. The lowest BCUT2D eigenvalue weighted by molar-refractivity contribution is -0.118. The molecule has 0 aliphatic carbocycles. The van der Waals surface area contributed by atoms with E-state index in [1.165, 1.54) is 5.56 Å². The fourth-order valence-electron chi connectivity index (χ4n) is 3.54. The van der Waals surface area contributed by atoms with Gasteiger partial charge in [-0.15, -0.1) is 0 Å². The number of anilines is 1. The Hall–Kier alpha value is -1.95. The summed E-state index contributed by atoms with van der Waals surface area (Å²) >= 11 is 7.86. The molecule has 4 nitrogen and oxygen atoms in total. The number of hydrogen-bond donors (Lipinski definition) is 0. The average Bonchev–Trinajstić information content (AvgIpc) is 3.35. The number of fused-ring (bicyclic) bond motifs is 1. The molecule has 1 aliphatic heterocycles. The molecule has 4 rings (SSSR count). The molecule has 1 amide bonds. The third-order valence-electron chi connectivity index (χ3n) is 5.17. The number of aryl methyl sites for hydroxylation is 2. The summed E-state index contributed by atoms with van der Waals surface area (Å²) in [6.45, 7) is 5.43. The Balaban J connectivity index is 1.69. The second kappa shape index (κ2) is 8.19. The van der Waals surface area contributed by atoms with Gasteiger partial charge in [0.1, 0.15) is 0 Å². The first-order valence-electron chi connectivity index (χ1n) is 9.55. The lowest BCUT2D eigenvalue weighted by atomic mass is 10.1. The first-order chi connectivity index (χ1) is 13.5. The standard InChI is InChI=1S/C22H23ClN2O2S/c1-14-9-10-15(2)21-20(14)24-22(28-21)25(13-17-7-5-11-27-17)19(26)12-16-6-3-4-8-18(16)23/h3-4,6,8-10,17H,5,7,11-13H2,1-2H3. The van der Waals surface area contributed by atoms with E-state index in [0.29, 0.717) is 11.6 Å². The van der Waals surface area contributed by atoms with E-state index in [4.69, 9.17) is 21.3 Å². The van der Waals surface area contributed by atoms with Crippen LogP contribution in [0, 0.1) is 13.8 Å². The van der Waals surface area contributed by atoms with Gasteiger partial charge >= 0.3 is 0 Å². The van der Waals surface area contributed by atoms with E-state index >= 15 is 0 Å². The molecule has 0 bridgehead atoms. The summed E-state index contributed by atoms with van der Waals surface area (Å²) in [5, 5.41) is 1.35. The van der Waals surface area contributed by atoms with Crippen molar-refractivity contribution in [3.8, 4) is 0 Å². The van der Waals surface area contributed by atoms with Crippen molar-refractivity contribution in [1.29, 1.82) is 0 Å². The number of halogens is 1. The summed E-state index contributed by atoms with van der Waals surface area (Å²) in [5.74, 6) is -0.00189. The van der Waals surface area contributed by atoms with Gasteiger partial charge in [-0.2, -0.15) is 0 Å². The predicted octanol–water partition coefficient (Wildman–Crippen LogP) is 5.32. The van der Waals surface area contributed by atoms with Crippen molar-refractivity contribution in [1.82, 2.24) is 4.98 Å². The second-order valence-electron chi connectivity index (χ2n) is 7.28. The molecule has 0 saturated carbocycles. The number of ether oxygens (including phenoxy) is 1. The number of thiazole rings is 1. The van der Waals surface area contributed by atoms with Crippen LogP contribution in [0.5, 0.6) is 0 Å². The number of amides is 1. The molecule has 0 N–H and O–H groups in total. The Bertz CT molecular complexity index is 972. The van der Waals surface area contributed by atoms with Crippen LogP contribution in [0.4, 0.5) is 5.13 Å². The molecule has 1 aliphatic rings. The van der Waals surface area contributed by atoms with Gasteiger partial charge in [-0.3, -0.25) is 9.69 Å². The van der Waals surface area contributed by atoms with E-state index in [2.05, 4.69) is 26.0 Å². The zero-order valence-corrected chi connectivity index (χ0v) is 17.6. The molecule has 1 saturated heterocycles. The van der Waals surface area contributed by atoms with Crippen molar-refractivity contribution in [2.24, 2.45) is 0 Å². The van der Waals surface area contributed by atoms with Gasteiger partial charge in [0.25, 0.3) is 0 Å². The number of aromatic nitrogens is 1. The molecule has 28 heavy (non-hydrogen) atoms. The Morgan fingerprint density at radius 3 is 2.75 bits per heavy atom. The molecule has 0 radical (unpaired) electrons. The lowest BCUT2D eigenvalue weighted by Crippen LogP contribution is -2.38. The Labute approximate surface area is 174 Å². The number of carbonyl (C=O) groups excluding carboxylic acids is 1. The highest BCUT2D eigenvalue weighted by molar-refractivity contribution is 7.22. The first kappa shape index (κ1) is 19.4. The molecule has 1 fully saturated rings. The minimum atomic E-state index is -0.00189. The van der Waals surface area contributed by atoms with Crippen LogP contribution >= 0.6 is 22.9 Å². The molecule has 1 unspecified atom stereocenters. The SMILES string of the molecule is Cc1ccc(C)c2sc(N(CC3CCCO3)C(=O)Cc3ccccc3Cl)nc12. The van der Waals surface area contributed by atoms with Crippen LogP contribution in [-0.4, -0.2) is 30.1 Å². The van der Waals surface area contributed by atoms with Crippen LogP contribution in [-0.2, 0) is 16.0 Å². The van der Waals surface area contributed by atoms with Crippen molar-refractivity contribution < 1.29 is 9.53 Å². The van der Waals surface area contributed by atoms with Gasteiger partial charge in [-0.1, -0.05) is 53.3 Å². The predicted molar refractivity (Wildman–Crippen MR) is 116 cm³/mol. The molecular formula is C22H23ClN2O2S. The largest absolute Gasteiger partial charge is 0.376 e. The third kappa shape index (κ3) is 3.93. The highest BCUT2D eigenvalue weighted by Gasteiger charge is 2.27. The number of carbonyl (C=O) groups is 1. The highest BCUT2D eigenvalue weighted by Crippen LogP contribution is 2.34. The fraction of sp³-hybridized carbons (Fsp3) is 0.364. The maximum atomic E-state index is 13.3. The van der Waals surface area contributed by atoms with Gasteiger partial charge in [0, 0.05) is 11.6 Å². The number of hydrogen-bond acceptors (Lipinski definition) is 4. The number of rotatable bonds is 5. The van der Waals surface area contributed by atoms with Gasteiger partial charge in [-0.25, -0.2) is 4.98 Å². The summed E-state index contributed by atoms with van der Waals surface area (Å²) in [7, 11) is 0. The minimum absolute atomic E-state index is 0.00189. The van der Waals surface area contributed by atoms with Gasteiger partial charge in [0.2, 0.25) is 5.91 Å². The summed E-state index contributed by atoms with van der Waals surface area (Å²) in [6, 6.07) is 11.7. The van der Waals surface area contributed by atoms with Gasteiger partial charge < -0.3 is 4.74 Å². The maximum absolute atomic E-state index is 13.3. The molecule has 1 aromatic heterocycles. The van der Waals surface area contributed by atoms with E-state index in [1.807, 2.05) is 24.3 Å². The second-order valence-corrected chi connectivity index (χ2v) is 8.67. The zero-order valence-electron chi connectivity index (χ0n) is 16.1. The summed E-state index contributed by atoms with van der Waals surface area (Å²) in [4.78, 5) is 19.9. The van der Waals surface area contributed by atoms with Crippen LogP contribution < -0.4 is 4.90 Å². The third-order valence-corrected chi connectivity index (χ3v) is 6.75. The monoisotopic (exact) mass is 414 g/mol. The quantitative estimate of drug-likeness (QED) is 0.567. The molecular weight excluding hydrogens is 392 g/mol. The maximum Gasteiger partial charge on any atom is 0.233 e. The van der Waals surface area contributed by atoms with Crippen LogP contribution in [0.2, 0.25) is 5.02 Å². The van der Waals surface area contributed by atoms with E-state index < -0.39 is 0 Å². The van der Waals surface area contributed by atoms with Gasteiger partial charge in [0.05, 0.1) is 29.3 Å². The first-order valence-corrected chi connectivity index (χ1v) is 10.7. The zero-order chi connectivity index (χ0) is 19.7. The van der Waals surface area contributed by atoms with E-state index in [0.717, 1.165) is 45.9 Å². The molecule has 2 heterocycles. The number of benzene rings is 2. The Kier molecular flexibility index (Phi) is 5.67. The Morgan fingerprint density at radius 1 is 1.25 bits per heavy atom. The summed E-state index contributed by atoms with van der Waals surface area (Å²) in [6.07, 6.45) is 2.32. The molecule has 6 heteroatoms. The van der Waals surface area contributed by atoms with Crippen LogP contribution in [0.15, 0.2) is 36.4 Å². The smallest absolute Gasteiger partial charge is 0.233 e. The van der Waals surface area contributed by atoms with E-state index in [1.54, 1.807) is 16.2 Å². The van der Waals surface area contributed by atoms with Crippen molar-refractivity contribution in [3.63, 3.8) is 0 Å². The molecule has 3 aromatic rings. The molecule has 2 aromatic carbocycles. The summed E-state index contributed by atoms with van der Waals surface area (Å²) in [5.41, 5.74) is 4.11.